The smallest absolute Gasteiger partial charge is 0.248 e. The van der Waals surface area contributed by atoms with Gasteiger partial charge in [-0.1, -0.05) is 19.1 Å². The number of nitrogens with one attached hydrogen (secondary N) is 1. The largest absolute Gasteiger partial charge is 0.366 e. The molecule has 0 aliphatic heterocycles. The summed E-state index contributed by atoms with van der Waals surface area (Å²) in [6.45, 7) is 3.01. The maximum atomic E-state index is 11.6. The second-order valence-electron chi connectivity index (χ2n) is 4.72. The van der Waals surface area contributed by atoms with Crippen molar-refractivity contribution in [3.63, 3.8) is 0 Å². The molecule has 5 nitrogen and oxygen atoms in total. The zero-order valence-electron chi connectivity index (χ0n) is 11.2. The van der Waals surface area contributed by atoms with Gasteiger partial charge in [0.2, 0.25) is 11.8 Å². The zero-order chi connectivity index (χ0) is 14.3. The van der Waals surface area contributed by atoms with Crippen LogP contribution in [0.25, 0.3) is 0 Å². The van der Waals surface area contributed by atoms with E-state index >= 15 is 0 Å². The Morgan fingerprint density at radius 1 is 1.37 bits per heavy atom. The van der Waals surface area contributed by atoms with Crippen LogP contribution in [0.15, 0.2) is 24.3 Å². The van der Waals surface area contributed by atoms with Crippen LogP contribution in [0.4, 0.5) is 0 Å². The Bertz CT molecular complexity index is 446. The van der Waals surface area contributed by atoms with Crippen LogP contribution >= 0.6 is 0 Å². The lowest BCUT2D eigenvalue weighted by Crippen LogP contribution is -2.24. The molecular weight excluding hydrogens is 242 g/mol. The highest BCUT2D eigenvalue weighted by Gasteiger charge is 2.06. The first-order valence-corrected chi connectivity index (χ1v) is 6.38. The summed E-state index contributed by atoms with van der Waals surface area (Å²) in [7, 11) is 0. The fourth-order valence-electron chi connectivity index (χ4n) is 1.62. The highest BCUT2D eigenvalue weighted by molar-refractivity contribution is 5.92. The Labute approximate surface area is 113 Å². The van der Waals surface area contributed by atoms with Crippen molar-refractivity contribution in [2.24, 2.45) is 17.4 Å². The Morgan fingerprint density at radius 2 is 2.11 bits per heavy atom. The van der Waals surface area contributed by atoms with Crippen molar-refractivity contribution in [1.29, 1.82) is 0 Å². The number of hydrogen-bond acceptors (Lipinski definition) is 3. The number of carbonyl (C=O) groups excluding carboxylic acids is 2. The molecule has 2 amide bonds. The van der Waals surface area contributed by atoms with Crippen molar-refractivity contribution < 1.29 is 9.59 Å². The zero-order valence-corrected chi connectivity index (χ0v) is 11.2. The highest BCUT2D eigenvalue weighted by atomic mass is 16.1. The van der Waals surface area contributed by atoms with Gasteiger partial charge in [-0.05, 0) is 36.6 Å². The molecule has 5 heteroatoms. The van der Waals surface area contributed by atoms with Gasteiger partial charge in [-0.25, -0.2) is 0 Å². The summed E-state index contributed by atoms with van der Waals surface area (Å²) in [6.07, 6.45) is 1.25. The van der Waals surface area contributed by atoms with E-state index in [-0.39, 0.29) is 5.91 Å². The Morgan fingerprint density at radius 3 is 2.74 bits per heavy atom. The second-order valence-corrected chi connectivity index (χ2v) is 4.72. The molecule has 1 rings (SSSR count). The minimum absolute atomic E-state index is 0.00946. The molecule has 0 aromatic heterocycles. The fraction of sp³-hybridized carbons (Fsp3) is 0.429. The normalized spacial score (nSPS) is 11.9. The maximum absolute atomic E-state index is 11.6. The van der Waals surface area contributed by atoms with Gasteiger partial charge >= 0.3 is 0 Å². The molecule has 0 aliphatic rings. The molecule has 0 bridgehead atoms. The van der Waals surface area contributed by atoms with Crippen molar-refractivity contribution in [1.82, 2.24) is 5.32 Å². The van der Waals surface area contributed by atoms with E-state index < -0.39 is 5.91 Å². The summed E-state index contributed by atoms with van der Waals surface area (Å²) in [5.74, 6) is -0.126. The Kier molecular flexibility index (Phi) is 6.02. The van der Waals surface area contributed by atoms with Crippen LogP contribution < -0.4 is 16.8 Å². The third-order valence-corrected chi connectivity index (χ3v) is 2.97. The topological polar surface area (TPSA) is 98.2 Å². The van der Waals surface area contributed by atoms with Crippen LogP contribution in [0.2, 0.25) is 0 Å². The van der Waals surface area contributed by atoms with E-state index in [0.29, 0.717) is 31.0 Å². The number of rotatable bonds is 7. The fourth-order valence-corrected chi connectivity index (χ4v) is 1.62. The molecule has 1 aromatic rings. The van der Waals surface area contributed by atoms with Crippen molar-refractivity contribution in [3.8, 4) is 0 Å². The van der Waals surface area contributed by atoms with Gasteiger partial charge in [0.05, 0.1) is 0 Å². The van der Waals surface area contributed by atoms with Crippen LogP contribution in [0.3, 0.4) is 0 Å². The van der Waals surface area contributed by atoms with E-state index in [2.05, 4.69) is 5.32 Å². The molecule has 1 aromatic carbocycles. The number of amides is 2. The van der Waals surface area contributed by atoms with E-state index in [1.807, 2.05) is 13.0 Å². The van der Waals surface area contributed by atoms with Crippen LogP contribution in [-0.4, -0.2) is 18.4 Å². The SMILES string of the molecule is CC(CN)CCC(=O)NCc1cccc(C(N)=O)c1. The molecule has 0 spiro atoms. The minimum Gasteiger partial charge on any atom is -0.366 e. The first-order valence-electron chi connectivity index (χ1n) is 6.38. The third-order valence-electron chi connectivity index (χ3n) is 2.97. The van der Waals surface area contributed by atoms with Crippen molar-refractivity contribution in [3.05, 3.63) is 35.4 Å². The molecule has 5 N–H and O–H groups in total. The first kappa shape index (κ1) is 15.2. The van der Waals surface area contributed by atoms with Crippen LogP contribution in [0.1, 0.15) is 35.7 Å². The summed E-state index contributed by atoms with van der Waals surface area (Å²) in [6, 6.07) is 6.93. The molecule has 1 atom stereocenters. The molecule has 0 heterocycles. The van der Waals surface area contributed by atoms with Gasteiger partial charge in [-0.3, -0.25) is 9.59 Å². The van der Waals surface area contributed by atoms with Crippen LogP contribution in [0, 0.1) is 5.92 Å². The lowest BCUT2D eigenvalue weighted by molar-refractivity contribution is -0.121. The van der Waals surface area contributed by atoms with E-state index in [9.17, 15) is 9.59 Å². The third kappa shape index (κ3) is 5.52. The standard InChI is InChI=1S/C14H21N3O2/c1-10(8-15)5-6-13(18)17-9-11-3-2-4-12(7-11)14(16)19/h2-4,7,10H,5-6,8-9,15H2,1H3,(H2,16,19)(H,17,18). The van der Waals surface area contributed by atoms with E-state index in [0.717, 1.165) is 12.0 Å². The lowest BCUT2D eigenvalue weighted by atomic mass is 10.1. The Balaban J connectivity index is 2.42. The van der Waals surface area contributed by atoms with Crippen molar-refractivity contribution >= 4 is 11.8 Å². The molecule has 0 saturated heterocycles. The lowest BCUT2D eigenvalue weighted by Gasteiger charge is -2.09. The summed E-state index contributed by atoms with van der Waals surface area (Å²) in [5.41, 5.74) is 12.0. The number of benzene rings is 1. The quantitative estimate of drug-likeness (QED) is 0.678. The first-order chi connectivity index (χ1) is 9.02. The van der Waals surface area contributed by atoms with Crippen molar-refractivity contribution in [2.75, 3.05) is 6.54 Å². The average Bonchev–Trinajstić information content (AvgIpc) is 2.42. The molecule has 104 valence electrons. The molecule has 0 fully saturated rings. The summed E-state index contributed by atoms with van der Waals surface area (Å²) < 4.78 is 0. The molecule has 1 unspecified atom stereocenters. The number of hydrogen-bond donors (Lipinski definition) is 3. The van der Waals surface area contributed by atoms with Gasteiger partial charge in [0.1, 0.15) is 0 Å². The predicted octanol–water partition coefficient (Wildman–Crippen LogP) is 0.777. The van der Waals surface area contributed by atoms with Gasteiger partial charge in [0.15, 0.2) is 0 Å². The van der Waals surface area contributed by atoms with Gasteiger partial charge in [-0.2, -0.15) is 0 Å². The van der Waals surface area contributed by atoms with Crippen LogP contribution in [0.5, 0.6) is 0 Å². The molecule has 0 radical (unpaired) electrons. The van der Waals surface area contributed by atoms with E-state index in [1.165, 1.54) is 0 Å². The summed E-state index contributed by atoms with van der Waals surface area (Å²) in [5, 5.41) is 2.81. The summed E-state index contributed by atoms with van der Waals surface area (Å²) in [4.78, 5) is 22.6. The van der Waals surface area contributed by atoms with Crippen molar-refractivity contribution in [2.45, 2.75) is 26.3 Å². The molecule has 0 saturated carbocycles. The second kappa shape index (κ2) is 7.53. The van der Waals surface area contributed by atoms with Gasteiger partial charge in [0.25, 0.3) is 0 Å². The molecule has 19 heavy (non-hydrogen) atoms. The van der Waals surface area contributed by atoms with Gasteiger partial charge < -0.3 is 16.8 Å². The predicted molar refractivity (Wildman–Crippen MR) is 74.3 cm³/mol. The highest BCUT2D eigenvalue weighted by Crippen LogP contribution is 2.06. The number of primary amides is 1. The van der Waals surface area contributed by atoms with Crippen LogP contribution in [-0.2, 0) is 11.3 Å². The maximum Gasteiger partial charge on any atom is 0.248 e. The monoisotopic (exact) mass is 263 g/mol. The number of carbonyl (C=O) groups is 2. The number of nitrogens with two attached hydrogens (primary N) is 2. The van der Waals surface area contributed by atoms with Gasteiger partial charge in [0, 0.05) is 18.5 Å². The van der Waals surface area contributed by atoms with E-state index in [1.54, 1.807) is 18.2 Å². The minimum atomic E-state index is -0.468. The van der Waals surface area contributed by atoms with Gasteiger partial charge in [-0.15, -0.1) is 0 Å². The molecular formula is C14H21N3O2. The average molecular weight is 263 g/mol. The Hall–Kier alpha value is -1.88. The molecule has 0 aliphatic carbocycles. The van der Waals surface area contributed by atoms with E-state index in [4.69, 9.17) is 11.5 Å². The summed E-state index contributed by atoms with van der Waals surface area (Å²) >= 11 is 0.